The molecule has 0 unspecified atom stereocenters. The van der Waals surface area contributed by atoms with E-state index >= 15 is 0 Å². The van der Waals surface area contributed by atoms with Crippen molar-refractivity contribution in [2.45, 2.75) is 38.1 Å². The molecule has 1 aromatic rings. The zero-order valence-electron chi connectivity index (χ0n) is 12.4. The largest absolute Gasteiger partial charge is 0.418 e. The van der Waals surface area contributed by atoms with Crippen LogP contribution in [0.3, 0.4) is 0 Å². The van der Waals surface area contributed by atoms with Crippen molar-refractivity contribution in [2.75, 3.05) is 26.2 Å². The molecule has 0 bridgehead atoms. The summed E-state index contributed by atoms with van der Waals surface area (Å²) in [5.74, 6) is 0. The number of hydrogen-bond acceptors (Lipinski definition) is 4. The van der Waals surface area contributed by atoms with Crippen LogP contribution >= 0.6 is 0 Å². The minimum absolute atomic E-state index is 0.0381. The lowest BCUT2D eigenvalue weighted by molar-refractivity contribution is -0.138. The maximum atomic E-state index is 12.8. The summed E-state index contributed by atoms with van der Waals surface area (Å²) >= 11 is 0. The molecule has 1 aliphatic rings. The van der Waals surface area contributed by atoms with Gasteiger partial charge >= 0.3 is 6.18 Å². The number of hydrogen-bond donors (Lipinski definition) is 2. The van der Waals surface area contributed by atoms with E-state index < -0.39 is 11.7 Å². The van der Waals surface area contributed by atoms with E-state index in [1.807, 2.05) is 0 Å². The summed E-state index contributed by atoms with van der Waals surface area (Å²) in [5.41, 5.74) is -0.636. The highest BCUT2D eigenvalue weighted by atomic mass is 19.4. The predicted octanol–water partition coefficient (Wildman–Crippen LogP) is 2.04. The van der Waals surface area contributed by atoms with Crippen molar-refractivity contribution in [3.8, 4) is 0 Å². The van der Waals surface area contributed by atoms with E-state index in [1.54, 1.807) is 0 Å². The minimum Gasteiger partial charge on any atom is -0.393 e. The number of pyridine rings is 1. The van der Waals surface area contributed by atoms with Gasteiger partial charge in [0.05, 0.1) is 17.4 Å². The average Bonchev–Trinajstić information content (AvgIpc) is 2.48. The predicted molar refractivity (Wildman–Crippen MR) is 77.2 cm³/mol. The van der Waals surface area contributed by atoms with Crippen LogP contribution in [0.4, 0.5) is 13.2 Å². The number of aromatic nitrogens is 1. The molecular weight excluding hydrogens is 295 g/mol. The third-order valence-corrected chi connectivity index (χ3v) is 3.87. The topological polar surface area (TPSA) is 48.4 Å². The van der Waals surface area contributed by atoms with Crippen molar-refractivity contribution >= 4 is 0 Å². The maximum absolute atomic E-state index is 12.8. The Bertz CT molecular complexity index is 460. The number of nitrogens with one attached hydrogen (secondary N) is 1. The molecule has 1 aliphatic heterocycles. The Morgan fingerprint density at radius 3 is 2.73 bits per heavy atom. The van der Waals surface area contributed by atoms with Crippen LogP contribution in [0.25, 0.3) is 0 Å². The molecule has 0 radical (unpaired) electrons. The number of rotatable bonds is 6. The highest BCUT2D eigenvalue weighted by Crippen LogP contribution is 2.30. The summed E-state index contributed by atoms with van der Waals surface area (Å²) < 4.78 is 38.4. The van der Waals surface area contributed by atoms with Gasteiger partial charge in [0.25, 0.3) is 0 Å². The van der Waals surface area contributed by atoms with Gasteiger partial charge in [-0.15, -0.1) is 0 Å². The number of alkyl halides is 3. The Morgan fingerprint density at radius 1 is 1.32 bits per heavy atom. The van der Waals surface area contributed by atoms with Gasteiger partial charge in [-0.2, -0.15) is 13.2 Å². The van der Waals surface area contributed by atoms with Gasteiger partial charge in [-0.3, -0.25) is 4.98 Å². The van der Waals surface area contributed by atoms with Crippen molar-refractivity contribution < 1.29 is 18.3 Å². The quantitative estimate of drug-likeness (QED) is 0.788. The SMILES string of the molecule is OC1CCN(CCCNCc2ncccc2C(F)(F)F)CC1. The highest BCUT2D eigenvalue weighted by molar-refractivity contribution is 5.22. The third kappa shape index (κ3) is 5.23. The molecule has 2 rings (SSSR count). The van der Waals surface area contributed by atoms with Gasteiger partial charge in [0, 0.05) is 25.8 Å². The summed E-state index contributed by atoms with van der Waals surface area (Å²) in [4.78, 5) is 6.09. The van der Waals surface area contributed by atoms with E-state index in [4.69, 9.17) is 0 Å². The molecule has 4 nitrogen and oxygen atoms in total. The number of aliphatic hydroxyl groups is 1. The summed E-state index contributed by atoms with van der Waals surface area (Å²) in [6, 6.07) is 2.36. The van der Waals surface area contributed by atoms with E-state index in [9.17, 15) is 18.3 Å². The molecule has 0 spiro atoms. The lowest BCUT2D eigenvalue weighted by Crippen LogP contribution is -2.37. The Kier molecular flexibility index (Phi) is 6.16. The molecule has 0 amide bonds. The monoisotopic (exact) mass is 317 g/mol. The van der Waals surface area contributed by atoms with Crippen molar-refractivity contribution in [1.29, 1.82) is 0 Å². The molecule has 7 heteroatoms. The van der Waals surface area contributed by atoms with Crippen LogP contribution in [0.2, 0.25) is 0 Å². The van der Waals surface area contributed by atoms with Crippen molar-refractivity contribution in [1.82, 2.24) is 15.2 Å². The normalized spacial score (nSPS) is 17.8. The molecule has 0 aliphatic carbocycles. The van der Waals surface area contributed by atoms with E-state index in [-0.39, 0.29) is 18.3 Å². The van der Waals surface area contributed by atoms with Crippen LogP contribution in [-0.2, 0) is 12.7 Å². The fourth-order valence-corrected chi connectivity index (χ4v) is 2.61. The first kappa shape index (κ1) is 17.2. The standard InChI is InChI=1S/C15H22F3N3O/c16-15(17,18)13-3-1-7-20-14(13)11-19-6-2-8-21-9-4-12(22)5-10-21/h1,3,7,12,19,22H,2,4-6,8-11H2. The van der Waals surface area contributed by atoms with Gasteiger partial charge in [-0.05, 0) is 44.5 Å². The molecule has 1 saturated heterocycles. The van der Waals surface area contributed by atoms with Crippen molar-refractivity contribution in [3.05, 3.63) is 29.6 Å². The van der Waals surface area contributed by atoms with Gasteiger partial charge < -0.3 is 15.3 Å². The molecule has 0 aromatic carbocycles. The molecule has 0 atom stereocenters. The Labute approximate surface area is 128 Å². The highest BCUT2D eigenvalue weighted by Gasteiger charge is 2.33. The van der Waals surface area contributed by atoms with Gasteiger partial charge in [0.1, 0.15) is 0 Å². The third-order valence-electron chi connectivity index (χ3n) is 3.87. The zero-order valence-corrected chi connectivity index (χ0v) is 12.4. The first-order valence-electron chi connectivity index (χ1n) is 7.59. The van der Waals surface area contributed by atoms with Gasteiger partial charge in [-0.1, -0.05) is 0 Å². The van der Waals surface area contributed by atoms with Crippen LogP contribution in [0.15, 0.2) is 18.3 Å². The van der Waals surface area contributed by atoms with E-state index in [0.717, 1.165) is 45.0 Å². The molecule has 0 saturated carbocycles. The van der Waals surface area contributed by atoms with Crippen molar-refractivity contribution in [3.63, 3.8) is 0 Å². The number of nitrogens with zero attached hydrogens (tertiary/aromatic N) is 2. The van der Waals surface area contributed by atoms with Crippen LogP contribution in [0, 0.1) is 0 Å². The van der Waals surface area contributed by atoms with Crippen LogP contribution in [0.5, 0.6) is 0 Å². The van der Waals surface area contributed by atoms with Crippen molar-refractivity contribution in [2.24, 2.45) is 0 Å². The Morgan fingerprint density at radius 2 is 2.05 bits per heavy atom. The Hall–Kier alpha value is -1.18. The van der Waals surface area contributed by atoms with E-state index in [1.165, 1.54) is 12.3 Å². The molecule has 1 fully saturated rings. The first-order chi connectivity index (χ1) is 10.5. The summed E-state index contributed by atoms with van der Waals surface area (Å²) in [6.45, 7) is 3.44. The minimum atomic E-state index is -4.36. The molecular formula is C15H22F3N3O. The number of aliphatic hydroxyl groups excluding tert-OH is 1. The van der Waals surface area contributed by atoms with Crippen LogP contribution in [0.1, 0.15) is 30.5 Å². The summed E-state index contributed by atoms with van der Waals surface area (Å²) in [6.07, 6.45) is -0.693. The smallest absolute Gasteiger partial charge is 0.393 e. The van der Waals surface area contributed by atoms with Gasteiger partial charge in [-0.25, -0.2) is 0 Å². The zero-order chi connectivity index (χ0) is 16.0. The second kappa shape index (κ2) is 7.89. The summed E-state index contributed by atoms with van der Waals surface area (Å²) in [7, 11) is 0. The molecule has 1 aromatic heterocycles. The fraction of sp³-hybridized carbons (Fsp3) is 0.667. The average molecular weight is 317 g/mol. The second-order valence-corrected chi connectivity index (χ2v) is 5.60. The molecule has 22 heavy (non-hydrogen) atoms. The second-order valence-electron chi connectivity index (χ2n) is 5.60. The van der Waals surface area contributed by atoms with E-state index in [2.05, 4.69) is 15.2 Å². The number of likely N-dealkylation sites (tertiary alicyclic amines) is 1. The van der Waals surface area contributed by atoms with Gasteiger partial charge in [0.15, 0.2) is 0 Å². The molecule has 2 N–H and O–H groups in total. The molecule has 124 valence electrons. The lowest BCUT2D eigenvalue weighted by atomic mass is 10.1. The first-order valence-corrected chi connectivity index (χ1v) is 7.59. The lowest BCUT2D eigenvalue weighted by Gasteiger charge is -2.29. The van der Waals surface area contributed by atoms with E-state index in [0.29, 0.717) is 6.54 Å². The Balaban J connectivity index is 1.69. The number of halogens is 3. The van der Waals surface area contributed by atoms with Crippen LogP contribution < -0.4 is 5.32 Å². The summed E-state index contributed by atoms with van der Waals surface area (Å²) in [5, 5.41) is 12.4. The number of piperidine rings is 1. The van der Waals surface area contributed by atoms with Gasteiger partial charge in [0.2, 0.25) is 0 Å². The maximum Gasteiger partial charge on any atom is 0.418 e. The van der Waals surface area contributed by atoms with Crippen LogP contribution in [-0.4, -0.2) is 47.3 Å². The fourth-order valence-electron chi connectivity index (χ4n) is 2.61. The molecule has 2 heterocycles.